The first-order valence-corrected chi connectivity index (χ1v) is 7.79. The molecule has 1 aromatic rings. The number of carbonyl (C=O) groups excluding carboxylic acids is 1. The van der Waals surface area contributed by atoms with Gasteiger partial charge in [0, 0.05) is 6.04 Å². The third-order valence-electron chi connectivity index (χ3n) is 3.16. The van der Waals surface area contributed by atoms with Gasteiger partial charge in [0.25, 0.3) is 5.56 Å². The molecule has 0 aromatic carbocycles. The Morgan fingerprint density at radius 1 is 1.52 bits per heavy atom. The van der Waals surface area contributed by atoms with Crippen molar-refractivity contribution in [3.05, 3.63) is 21.2 Å². The highest BCUT2D eigenvalue weighted by Crippen LogP contribution is 2.21. The molecule has 116 valence electrons. The van der Waals surface area contributed by atoms with E-state index in [1.165, 1.54) is 17.2 Å². The standard InChI is InChI=1S/C14H20BrN3O3/c1-14(2,3)21-11(19)8-18-10(15)7-16-12(13(18)20)17-9-5-4-6-9/h7,9H,4-6,8H2,1-3H3,(H,16,17). The van der Waals surface area contributed by atoms with E-state index in [0.717, 1.165) is 12.8 Å². The third kappa shape index (κ3) is 4.30. The molecular formula is C14H20BrN3O3. The monoisotopic (exact) mass is 357 g/mol. The Hall–Kier alpha value is -1.37. The summed E-state index contributed by atoms with van der Waals surface area (Å²) < 4.78 is 7.02. The van der Waals surface area contributed by atoms with Crippen molar-refractivity contribution in [3.8, 4) is 0 Å². The molecule has 6 nitrogen and oxygen atoms in total. The quantitative estimate of drug-likeness (QED) is 0.837. The summed E-state index contributed by atoms with van der Waals surface area (Å²) in [4.78, 5) is 28.4. The van der Waals surface area contributed by atoms with Gasteiger partial charge >= 0.3 is 5.97 Å². The number of nitrogens with one attached hydrogen (secondary N) is 1. The van der Waals surface area contributed by atoms with Crippen LogP contribution in [0.15, 0.2) is 15.6 Å². The van der Waals surface area contributed by atoms with E-state index in [9.17, 15) is 9.59 Å². The third-order valence-corrected chi connectivity index (χ3v) is 3.79. The SMILES string of the molecule is CC(C)(C)OC(=O)Cn1c(Br)cnc(NC2CCC2)c1=O. The first-order chi connectivity index (χ1) is 9.76. The van der Waals surface area contributed by atoms with Gasteiger partial charge < -0.3 is 10.1 Å². The fraction of sp³-hybridized carbons (Fsp3) is 0.643. The number of hydrogen-bond donors (Lipinski definition) is 1. The molecule has 0 aliphatic heterocycles. The lowest BCUT2D eigenvalue weighted by molar-refractivity contribution is -0.155. The van der Waals surface area contributed by atoms with Gasteiger partial charge in [0.05, 0.1) is 6.20 Å². The molecule has 0 bridgehead atoms. The number of aromatic nitrogens is 2. The summed E-state index contributed by atoms with van der Waals surface area (Å²) in [5, 5.41) is 3.12. The highest BCUT2D eigenvalue weighted by atomic mass is 79.9. The maximum absolute atomic E-state index is 12.4. The van der Waals surface area contributed by atoms with Crippen LogP contribution < -0.4 is 10.9 Å². The highest BCUT2D eigenvalue weighted by Gasteiger charge is 2.22. The van der Waals surface area contributed by atoms with Crippen molar-refractivity contribution in [2.75, 3.05) is 5.32 Å². The van der Waals surface area contributed by atoms with Crippen LogP contribution in [0.1, 0.15) is 40.0 Å². The number of esters is 1. The van der Waals surface area contributed by atoms with E-state index in [2.05, 4.69) is 26.2 Å². The van der Waals surface area contributed by atoms with Gasteiger partial charge in [-0.25, -0.2) is 4.98 Å². The molecule has 1 N–H and O–H groups in total. The van der Waals surface area contributed by atoms with Crippen LogP contribution in [0, 0.1) is 0 Å². The molecule has 0 spiro atoms. The predicted octanol–water partition coefficient (Wildman–Crippen LogP) is 2.31. The minimum atomic E-state index is -0.576. The second kappa shape index (κ2) is 6.17. The maximum Gasteiger partial charge on any atom is 0.326 e. The number of hydrogen-bond acceptors (Lipinski definition) is 5. The van der Waals surface area contributed by atoms with Gasteiger partial charge in [-0.1, -0.05) is 0 Å². The molecule has 7 heteroatoms. The summed E-state index contributed by atoms with van der Waals surface area (Å²) in [6, 6.07) is 0.307. The molecule has 0 amide bonds. The molecule has 1 heterocycles. The molecule has 0 saturated heterocycles. The van der Waals surface area contributed by atoms with Gasteiger partial charge in [-0.2, -0.15) is 0 Å². The molecular weight excluding hydrogens is 338 g/mol. The topological polar surface area (TPSA) is 73.2 Å². The Balaban J connectivity index is 2.16. The lowest BCUT2D eigenvalue weighted by atomic mass is 9.93. The normalized spacial score (nSPS) is 15.4. The van der Waals surface area contributed by atoms with Gasteiger partial charge in [0.1, 0.15) is 16.7 Å². The number of ether oxygens (including phenoxy) is 1. The average Bonchev–Trinajstić information content (AvgIpc) is 2.29. The second-order valence-electron chi connectivity index (χ2n) is 6.18. The van der Waals surface area contributed by atoms with Crippen LogP contribution in [0.5, 0.6) is 0 Å². The van der Waals surface area contributed by atoms with Crippen molar-refractivity contribution in [3.63, 3.8) is 0 Å². The lowest BCUT2D eigenvalue weighted by Gasteiger charge is -2.26. The van der Waals surface area contributed by atoms with E-state index in [0.29, 0.717) is 10.6 Å². The van der Waals surface area contributed by atoms with Crippen LogP contribution in [0.4, 0.5) is 5.82 Å². The molecule has 2 rings (SSSR count). The minimum Gasteiger partial charge on any atom is -0.459 e. The van der Waals surface area contributed by atoms with Gasteiger partial charge in [0.15, 0.2) is 5.82 Å². The van der Waals surface area contributed by atoms with Crippen molar-refractivity contribution in [2.24, 2.45) is 0 Å². The molecule has 1 aliphatic rings. The van der Waals surface area contributed by atoms with Gasteiger partial charge in [-0.3, -0.25) is 14.2 Å². The smallest absolute Gasteiger partial charge is 0.326 e. The molecule has 0 atom stereocenters. The molecule has 0 unspecified atom stereocenters. The Labute approximate surface area is 132 Å². The Morgan fingerprint density at radius 2 is 2.19 bits per heavy atom. The fourth-order valence-electron chi connectivity index (χ4n) is 1.96. The summed E-state index contributed by atoms with van der Waals surface area (Å²) in [6.45, 7) is 5.23. The summed E-state index contributed by atoms with van der Waals surface area (Å²) in [6.07, 6.45) is 4.78. The highest BCUT2D eigenvalue weighted by molar-refractivity contribution is 9.10. The fourth-order valence-corrected chi connectivity index (χ4v) is 2.35. The number of nitrogens with zero attached hydrogens (tertiary/aromatic N) is 2. The Morgan fingerprint density at radius 3 is 2.71 bits per heavy atom. The number of halogens is 1. The van der Waals surface area contributed by atoms with Crippen LogP contribution in [-0.4, -0.2) is 27.2 Å². The van der Waals surface area contributed by atoms with E-state index in [-0.39, 0.29) is 17.9 Å². The minimum absolute atomic E-state index is 0.140. The van der Waals surface area contributed by atoms with Crippen molar-refractivity contribution >= 4 is 27.7 Å². The molecule has 1 aromatic heterocycles. The van der Waals surface area contributed by atoms with Crippen molar-refractivity contribution in [2.45, 2.75) is 58.2 Å². The second-order valence-corrected chi connectivity index (χ2v) is 6.99. The molecule has 0 radical (unpaired) electrons. The average molecular weight is 358 g/mol. The van der Waals surface area contributed by atoms with Crippen LogP contribution in [-0.2, 0) is 16.1 Å². The van der Waals surface area contributed by atoms with E-state index >= 15 is 0 Å². The Kier molecular flexibility index (Phi) is 4.70. The van der Waals surface area contributed by atoms with Crippen LogP contribution >= 0.6 is 15.9 Å². The summed E-state index contributed by atoms with van der Waals surface area (Å²) in [5.74, 6) is -0.169. The van der Waals surface area contributed by atoms with Crippen molar-refractivity contribution < 1.29 is 9.53 Å². The van der Waals surface area contributed by atoms with Gasteiger partial charge in [0.2, 0.25) is 0 Å². The Bertz CT molecular complexity index is 588. The molecule has 1 saturated carbocycles. The lowest BCUT2D eigenvalue weighted by Crippen LogP contribution is -2.35. The van der Waals surface area contributed by atoms with E-state index < -0.39 is 11.6 Å². The first kappa shape index (κ1) is 16.0. The van der Waals surface area contributed by atoms with Crippen molar-refractivity contribution in [1.82, 2.24) is 9.55 Å². The molecule has 1 fully saturated rings. The van der Waals surface area contributed by atoms with E-state index in [1.54, 1.807) is 20.8 Å². The number of rotatable bonds is 4. The number of anilines is 1. The molecule has 1 aliphatic carbocycles. The summed E-state index contributed by atoms with van der Waals surface area (Å²) in [5.41, 5.74) is -0.894. The zero-order valence-corrected chi connectivity index (χ0v) is 14.1. The zero-order valence-electron chi connectivity index (χ0n) is 12.5. The molecule has 21 heavy (non-hydrogen) atoms. The van der Waals surface area contributed by atoms with Crippen LogP contribution in [0.3, 0.4) is 0 Å². The van der Waals surface area contributed by atoms with Crippen molar-refractivity contribution in [1.29, 1.82) is 0 Å². The maximum atomic E-state index is 12.4. The van der Waals surface area contributed by atoms with Crippen LogP contribution in [0.25, 0.3) is 0 Å². The largest absolute Gasteiger partial charge is 0.459 e. The van der Waals surface area contributed by atoms with Gasteiger partial charge in [-0.15, -0.1) is 0 Å². The van der Waals surface area contributed by atoms with E-state index in [1.807, 2.05) is 0 Å². The predicted molar refractivity (Wildman–Crippen MR) is 83.3 cm³/mol. The summed E-state index contributed by atoms with van der Waals surface area (Å²) >= 11 is 3.25. The van der Waals surface area contributed by atoms with E-state index in [4.69, 9.17) is 4.74 Å². The number of carbonyl (C=O) groups is 1. The zero-order chi connectivity index (χ0) is 15.6. The van der Waals surface area contributed by atoms with Crippen LogP contribution in [0.2, 0.25) is 0 Å². The van der Waals surface area contributed by atoms with Gasteiger partial charge in [-0.05, 0) is 56.0 Å². The first-order valence-electron chi connectivity index (χ1n) is 7.00. The summed E-state index contributed by atoms with van der Waals surface area (Å²) in [7, 11) is 0.